The topological polar surface area (TPSA) is 118 Å². The van der Waals surface area contributed by atoms with Crippen LogP contribution in [0.15, 0.2) is 35.5 Å². The minimum absolute atomic E-state index is 0.103. The van der Waals surface area contributed by atoms with Crippen LogP contribution >= 0.6 is 11.6 Å². The molecule has 0 spiro atoms. The van der Waals surface area contributed by atoms with E-state index in [-0.39, 0.29) is 12.8 Å². The smallest absolute Gasteiger partial charge is 0.333 e. The molecule has 1 aliphatic heterocycles. The number of hydrogen-bond acceptors (Lipinski definition) is 9. The molecule has 2 fully saturated rings. The molecule has 9 nitrogen and oxygen atoms in total. The van der Waals surface area contributed by atoms with E-state index in [0.717, 1.165) is 0 Å². The minimum Gasteiger partial charge on any atom is -0.455 e. The number of allylic oxidation sites excluding steroid dienone is 2. The Morgan fingerprint density at radius 1 is 1.02 bits per heavy atom. The maximum atomic E-state index is 13.0. The molecule has 7 atom stereocenters. The van der Waals surface area contributed by atoms with Crippen LogP contribution in [0.1, 0.15) is 82.1 Å². The summed E-state index contributed by atoms with van der Waals surface area (Å²) in [4.78, 5) is 38.0. The van der Waals surface area contributed by atoms with E-state index in [9.17, 15) is 19.5 Å². The summed E-state index contributed by atoms with van der Waals surface area (Å²) in [6.45, 7) is 20.9. The van der Waals surface area contributed by atoms with Gasteiger partial charge >= 0.3 is 17.9 Å². The Morgan fingerprint density at radius 2 is 1.57 bits per heavy atom. The van der Waals surface area contributed by atoms with Gasteiger partial charge < -0.3 is 28.8 Å². The van der Waals surface area contributed by atoms with E-state index >= 15 is 0 Å². The first-order valence-corrected chi connectivity index (χ1v) is 14.0. The van der Waals surface area contributed by atoms with Crippen LogP contribution in [0.25, 0.3) is 0 Å². The van der Waals surface area contributed by atoms with E-state index in [1.54, 1.807) is 53.7 Å². The molecule has 1 unspecified atom stereocenters. The van der Waals surface area contributed by atoms with Gasteiger partial charge in [0, 0.05) is 30.4 Å². The Labute approximate surface area is 242 Å². The highest BCUT2D eigenvalue weighted by atomic mass is 35.5. The van der Waals surface area contributed by atoms with Gasteiger partial charge in [0.05, 0.1) is 17.1 Å². The quantitative estimate of drug-likeness (QED) is 0.132. The molecule has 10 heteroatoms. The molecule has 40 heavy (non-hydrogen) atoms. The summed E-state index contributed by atoms with van der Waals surface area (Å²) in [7, 11) is 0. The maximum absolute atomic E-state index is 13.0. The molecule has 0 amide bonds. The molecule has 0 aromatic rings. The van der Waals surface area contributed by atoms with E-state index in [2.05, 4.69) is 6.58 Å². The largest absolute Gasteiger partial charge is 0.455 e. The van der Waals surface area contributed by atoms with Gasteiger partial charge in [-0.05, 0) is 74.3 Å². The zero-order valence-corrected chi connectivity index (χ0v) is 26.1. The van der Waals surface area contributed by atoms with Crippen LogP contribution in [0.4, 0.5) is 0 Å². The molecule has 1 saturated carbocycles. The number of carbonyl (C=O) groups is 3. The lowest BCUT2D eigenvalue weighted by molar-refractivity contribution is -0.203. The van der Waals surface area contributed by atoms with Gasteiger partial charge in [-0.15, -0.1) is 11.6 Å². The Hall–Kier alpha value is -2.20. The lowest BCUT2D eigenvalue weighted by Gasteiger charge is -2.48. The third-order valence-corrected chi connectivity index (χ3v) is 8.31. The second-order valence-corrected chi connectivity index (χ2v) is 12.3. The highest BCUT2D eigenvalue weighted by Crippen LogP contribution is 2.45. The molecule has 0 aromatic carbocycles. The second kappa shape index (κ2) is 12.8. The van der Waals surface area contributed by atoms with Crippen molar-refractivity contribution in [1.82, 2.24) is 0 Å². The number of halogens is 1. The number of ether oxygens (including phenoxy) is 5. The predicted octanol–water partition coefficient (Wildman–Crippen LogP) is 4.93. The van der Waals surface area contributed by atoms with E-state index in [1.165, 1.54) is 13.8 Å². The minimum atomic E-state index is -1.74. The summed E-state index contributed by atoms with van der Waals surface area (Å²) >= 11 is 6.66. The average Bonchev–Trinajstić information content (AvgIpc) is 3.06. The van der Waals surface area contributed by atoms with Crippen molar-refractivity contribution in [3.8, 4) is 0 Å². The molecule has 1 saturated heterocycles. The number of carbonyl (C=O) groups excluding carboxylic acids is 3. The summed E-state index contributed by atoms with van der Waals surface area (Å²) < 4.78 is 29.6. The van der Waals surface area contributed by atoms with Crippen molar-refractivity contribution in [2.45, 2.75) is 129 Å². The fourth-order valence-corrected chi connectivity index (χ4v) is 5.43. The lowest BCUT2D eigenvalue weighted by atomic mass is 9.70. The van der Waals surface area contributed by atoms with E-state index in [0.29, 0.717) is 16.7 Å². The van der Waals surface area contributed by atoms with Crippen molar-refractivity contribution in [3.05, 3.63) is 35.5 Å². The van der Waals surface area contributed by atoms with Gasteiger partial charge in [-0.3, -0.25) is 4.79 Å². The fraction of sp³-hybridized carbons (Fsp3) is 0.700. The zero-order chi connectivity index (χ0) is 30.8. The van der Waals surface area contributed by atoms with Crippen LogP contribution < -0.4 is 0 Å². The summed E-state index contributed by atoms with van der Waals surface area (Å²) in [6, 6.07) is 0. The van der Waals surface area contributed by atoms with Crippen LogP contribution in [0.3, 0.4) is 0 Å². The molecule has 0 bridgehead atoms. The van der Waals surface area contributed by atoms with E-state index < -0.39 is 70.6 Å². The molecule has 2 rings (SSSR count). The van der Waals surface area contributed by atoms with E-state index in [1.807, 2.05) is 13.8 Å². The van der Waals surface area contributed by atoms with Gasteiger partial charge in [-0.1, -0.05) is 18.7 Å². The van der Waals surface area contributed by atoms with Crippen LogP contribution in [0.5, 0.6) is 0 Å². The van der Waals surface area contributed by atoms with Gasteiger partial charge in [-0.25, -0.2) is 9.59 Å². The molecule has 1 aliphatic carbocycles. The summed E-state index contributed by atoms with van der Waals surface area (Å²) in [6.07, 6.45) is -0.372. The van der Waals surface area contributed by atoms with Crippen LogP contribution in [-0.4, -0.2) is 69.8 Å². The van der Waals surface area contributed by atoms with Gasteiger partial charge in [0.2, 0.25) is 0 Å². The van der Waals surface area contributed by atoms with Crippen molar-refractivity contribution in [3.63, 3.8) is 0 Å². The molecule has 226 valence electrons. The Kier molecular flexibility index (Phi) is 10.8. The first-order valence-electron chi connectivity index (χ1n) is 13.6. The first-order chi connectivity index (χ1) is 18.3. The Balaban J connectivity index is 2.58. The average molecular weight is 585 g/mol. The standard InChI is InChI=1S/C30H45ClO9/c1-12-16(3)26(33)37-21(15-23-28(7,8)40-29(9,10)39-23)18(5)20-14-22(31)30(11,35)25(36-19(6)32)24(20)38-27(34)17(4)13-2/h12-13,20-25,35H,5,14-15H2,1-4,6-11H3/b16-12-,17-13-/t20?,21-,22-,23-,24-,25-,30+/m1/s1. The second-order valence-electron chi connectivity index (χ2n) is 11.8. The zero-order valence-electron chi connectivity index (χ0n) is 25.3. The van der Waals surface area contributed by atoms with Gasteiger partial charge in [0.25, 0.3) is 0 Å². The molecule has 2 aliphatic rings. The van der Waals surface area contributed by atoms with Crippen molar-refractivity contribution in [1.29, 1.82) is 0 Å². The van der Waals surface area contributed by atoms with Crippen molar-refractivity contribution < 1.29 is 43.2 Å². The summed E-state index contributed by atoms with van der Waals surface area (Å²) in [5.74, 6) is -3.50. The number of aliphatic hydroxyl groups is 1. The van der Waals surface area contributed by atoms with Gasteiger partial charge in [-0.2, -0.15) is 0 Å². The lowest BCUT2D eigenvalue weighted by Crippen LogP contribution is -2.63. The Morgan fingerprint density at radius 3 is 2.05 bits per heavy atom. The number of alkyl halides is 1. The van der Waals surface area contributed by atoms with Gasteiger partial charge in [0.1, 0.15) is 17.8 Å². The highest BCUT2D eigenvalue weighted by Gasteiger charge is 2.57. The highest BCUT2D eigenvalue weighted by molar-refractivity contribution is 6.21. The molecule has 1 N–H and O–H groups in total. The van der Waals surface area contributed by atoms with E-state index in [4.69, 9.17) is 35.3 Å². The molecule has 0 radical (unpaired) electrons. The monoisotopic (exact) mass is 584 g/mol. The number of hydrogen-bond donors (Lipinski definition) is 1. The van der Waals surface area contributed by atoms with Crippen LogP contribution in [-0.2, 0) is 38.1 Å². The maximum Gasteiger partial charge on any atom is 0.333 e. The normalized spacial score (nSPS) is 32.6. The van der Waals surface area contributed by atoms with Crippen LogP contribution in [0, 0.1) is 5.92 Å². The molecule has 0 aromatic heterocycles. The SMILES string of the molecule is C=C(C1C[C@@H](Cl)[C@](C)(O)[C@H](OC(C)=O)[C@@H]1OC(=O)/C(C)=C\C)[C@@H](C[C@H]1OC(C)(C)OC1(C)C)OC(=O)/C(C)=C\C. The first kappa shape index (κ1) is 34.0. The number of esters is 3. The Bertz CT molecular complexity index is 1060. The third kappa shape index (κ3) is 7.75. The molecule has 1 heterocycles. The van der Waals surface area contributed by atoms with Gasteiger partial charge in [0.15, 0.2) is 11.9 Å². The van der Waals surface area contributed by atoms with Crippen molar-refractivity contribution in [2.24, 2.45) is 5.92 Å². The van der Waals surface area contributed by atoms with Crippen molar-refractivity contribution in [2.75, 3.05) is 0 Å². The summed E-state index contributed by atoms with van der Waals surface area (Å²) in [5, 5.41) is 10.4. The predicted molar refractivity (Wildman–Crippen MR) is 150 cm³/mol. The summed E-state index contributed by atoms with van der Waals surface area (Å²) in [5.41, 5.74) is -1.35. The third-order valence-electron chi connectivity index (χ3n) is 7.69. The van der Waals surface area contributed by atoms with Crippen LogP contribution in [0.2, 0.25) is 0 Å². The molecular formula is C30H45ClO9. The number of rotatable bonds is 9. The molecular weight excluding hydrogens is 540 g/mol. The van der Waals surface area contributed by atoms with Crippen molar-refractivity contribution >= 4 is 29.5 Å². The fourth-order valence-electron chi connectivity index (χ4n) is 5.11.